The molecule has 0 bridgehead atoms. The molecule has 0 radical (unpaired) electrons. The van der Waals surface area contributed by atoms with Crippen molar-refractivity contribution < 1.29 is 14.9 Å². The monoisotopic (exact) mass is 244 g/mol. The first-order valence-corrected chi connectivity index (χ1v) is 5.63. The highest BCUT2D eigenvalue weighted by Crippen LogP contribution is 2.25. The lowest BCUT2D eigenvalue weighted by Gasteiger charge is -2.11. The Kier molecular flexibility index (Phi) is 5.60. The first-order chi connectivity index (χ1) is 7.71. The van der Waals surface area contributed by atoms with E-state index in [1.54, 1.807) is 7.11 Å². The number of aliphatic hydroxyl groups is 2. The van der Waals surface area contributed by atoms with Crippen molar-refractivity contribution in [1.82, 2.24) is 0 Å². The maximum Gasteiger partial charge on any atom is 0.137 e. The van der Waals surface area contributed by atoms with Crippen molar-refractivity contribution in [1.29, 1.82) is 0 Å². The van der Waals surface area contributed by atoms with Crippen LogP contribution in [-0.4, -0.2) is 30.5 Å². The van der Waals surface area contributed by atoms with E-state index >= 15 is 0 Å². The SMILES string of the molecule is COc1ccc(CCC(CO)CO)cc1Cl. The van der Waals surface area contributed by atoms with E-state index in [0.29, 0.717) is 10.8 Å². The molecule has 0 atom stereocenters. The van der Waals surface area contributed by atoms with Crippen LogP contribution in [0.1, 0.15) is 12.0 Å². The van der Waals surface area contributed by atoms with Crippen LogP contribution in [0.5, 0.6) is 5.75 Å². The molecule has 0 aliphatic carbocycles. The van der Waals surface area contributed by atoms with Gasteiger partial charge in [-0.15, -0.1) is 0 Å². The fraction of sp³-hybridized carbons (Fsp3) is 0.500. The minimum atomic E-state index is -0.0547. The van der Waals surface area contributed by atoms with Gasteiger partial charge < -0.3 is 14.9 Å². The predicted molar refractivity (Wildman–Crippen MR) is 64.0 cm³/mol. The number of benzene rings is 1. The zero-order valence-electron chi connectivity index (χ0n) is 9.32. The first kappa shape index (κ1) is 13.3. The van der Waals surface area contributed by atoms with E-state index < -0.39 is 0 Å². The topological polar surface area (TPSA) is 49.7 Å². The van der Waals surface area contributed by atoms with Crippen LogP contribution in [0.2, 0.25) is 5.02 Å². The van der Waals surface area contributed by atoms with Crippen molar-refractivity contribution in [2.24, 2.45) is 5.92 Å². The molecule has 0 saturated heterocycles. The molecule has 1 rings (SSSR count). The van der Waals surface area contributed by atoms with E-state index in [4.69, 9.17) is 26.6 Å². The van der Waals surface area contributed by atoms with E-state index in [2.05, 4.69) is 0 Å². The van der Waals surface area contributed by atoms with Gasteiger partial charge in [-0.1, -0.05) is 17.7 Å². The second-order valence-corrected chi connectivity index (χ2v) is 4.15. The van der Waals surface area contributed by atoms with Crippen LogP contribution in [0.4, 0.5) is 0 Å². The van der Waals surface area contributed by atoms with Gasteiger partial charge in [-0.2, -0.15) is 0 Å². The number of rotatable bonds is 6. The van der Waals surface area contributed by atoms with Gasteiger partial charge in [-0.3, -0.25) is 0 Å². The highest BCUT2D eigenvalue weighted by atomic mass is 35.5. The van der Waals surface area contributed by atoms with E-state index in [1.807, 2.05) is 18.2 Å². The van der Waals surface area contributed by atoms with Gasteiger partial charge in [-0.05, 0) is 30.5 Å². The molecule has 0 heterocycles. The lowest BCUT2D eigenvalue weighted by Crippen LogP contribution is -2.11. The van der Waals surface area contributed by atoms with Crippen LogP contribution in [0, 0.1) is 5.92 Å². The molecule has 0 amide bonds. The molecule has 0 aliphatic rings. The smallest absolute Gasteiger partial charge is 0.137 e. The first-order valence-electron chi connectivity index (χ1n) is 5.25. The van der Waals surface area contributed by atoms with Gasteiger partial charge in [-0.25, -0.2) is 0 Å². The number of hydrogen-bond acceptors (Lipinski definition) is 3. The van der Waals surface area contributed by atoms with Gasteiger partial charge in [0.05, 0.1) is 12.1 Å². The molecule has 0 fully saturated rings. The number of halogens is 1. The van der Waals surface area contributed by atoms with E-state index in [-0.39, 0.29) is 19.1 Å². The third-order valence-corrected chi connectivity index (χ3v) is 2.87. The lowest BCUT2D eigenvalue weighted by molar-refractivity contribution is 0.144. The molecule has 2 N–H and O–H groups in total. The van der Waals surface area contributed by atoms with Crippen LogP contribution < -0.4 is 4.74 Å². The van der Waals surface area contributed by atoms with E-state index in [9.17, 15) is 0 Å². The molecule has 1 aromatic carbocycles. The third-order valence-electron chi connectivity index (χ3n) is 2.57. The third kappa shape index (κ3) is 3.67. The second-order valence-electron chi connectivity index (χ2n) is 3.74. The predicted octanol–water partition coefficient (Wildman–Crippen LogP) is 1.88. The van der Waals surface area contributed by atoms with Crippen LogP contribution in [0.25, 0.3) is 0 Å². The highest BCUT2D eigenvalue weighted by Gasteiger charge is 2.07. The summed E-state index contributed by atoms with van der Waals surface area (Å²) in [7, 11) is 1.58. The highest BCUT2D eigenvalue weighted by molar-refractivity contribution is 6.32. The Morgan fingerprint density at radius 2 is 2.00 bits per heavy atom. The maximum atomic E-state index is 8.93. The molecule has 0 spiro atoms. The van der Waals surface area contributed by atoms with Crippen LogP contribution >= 0.6 is 11.6 Å². The fourth-order valence-corrected chi connectivity index (χ4v) is 1.76. The average molecular weight is 245 g/mol. The molecule has 90 valence electrons. The molecule has 4 heteroatoms. The van der Waals surface area contributed by atoms with Crippen molar-refractivity contribution in [3.63, 3.8) is 0 Å². The summed E-state index contributed by atoms with van der Waals surface area (Å²) >= 11 is 5.99. The number of hydrogen-bond donors (Lipinski definition) is 2. The Hall–Kier alpha value is -0.770. The standard InChI is InChI=1S/C12H17ClO3/c1-16-12-5-4-9(6-11(12)13)2-3-10(7-14)8-15/h4-6,10,14-15H,2-3,7-8H2,1H3. The van der Waals surface area contributed by atoms with Gasteiger partial charge in [0.15, 0.2) is 0 Å². The van der Waals surface area contributed by atoms with Gasteiger partial charge in [0.1, 0.15) is 5.75 Å². The van der Waals surface area contributed by atoms with Crippen molar-refractivity contribution in [2.75, 3.05) is 20.3 Å². The molecular formula is C12H17ClO3. The molecule has 0 aromatic heterocycles. The second kappa shape index (κ2) is 6.74. The lowest BCUT2D eigenvalue weighted by atomic mass is 10.0. The zero-order valence-corrected chi connectivity index (χ0v) is 10.1. The molecule has 0 unspecified atom stereocenters. The summed E-state index contributed by atoms with van der Waals surface area (Å²) in [5.74, 6) is 0.604. The summed E-state index contributed by atoms with van der Waals surface area (Å²) < 4.78 is 5.06. The summed E-state index contributed by atoms with van der Waals surface area (Å²) in [6.07, 6.45) is 1.53. The Balaban J connectivity index is 2.58. The van der Waals surface area contributed by atoms with Crippen molar-refractivity contribution >= 4 is 11.6 Å². The minimum absolute atomic E-state index is 0.0143. The van der Waals surface area contributed by atoms with Gasteiger partial charge in [0, 0.05) is 19.1 Å². The largest absolute Gasteiger partial charge is 0.495 e. The van der Waals surface area contributed by atoms with Crippen LogP contribution in [0.15, 0.2) is 18.2 Å². The van der Waals surface area contributed by atoms with Crippen molar-refractivity contribution in [2.45, 2.75) is 12.8 Å². The molecule has 16 heavy (non-hydrogen) atoms. The minimum Gasteiger partial charge on any atom is -0.495 e. The number of methoxy groups -OCH3 is 1. The maximum absolute atomic E-state index is 8.93. The summed E-state index contributed by atoms with van der Waals surface area (Å²) in [5, 5.41) is 18.5. The molecule has 3 nitrogen and oxygen atoms in total. The van der Waals surface area contributed by atoms with Crippen LogP contribution in [-0.2, 0) is 6.42 Å². The normalized spacial score (nSPS) is 10.8. The molecular weight excluding hydrogens is 228 g/mol. The van der Waals surface area contributed by atoms with Crippen LogP contribution in [0.3, 0.4) is 0 Å². The molecule has 0 saturated carbocycles. The number of ether oxygens (including phenoxy) is 1. The Bertz CT molecular complexity index is 324. The quantitative estimate of drug-likeness (QED) is 0.804. The van der Waals surface area contributed by atoms with Crippen molar-refractivity contribution in [3.8, 4) is 5.75 Å². The van der Waals surface area contributed by atoms with Gasteiger partial charge in [0.2, 0.25) is 0 Å². The summed E-state index contributed by atoms with van der Waals surface area (Å²) in [6, 6.07) is 5.62. The van der Waals surface area contributed by atoms with Gasteiger partial charge >= 0.3 is 0 Å². The summed E-state index contributed by atoms with van der Waals surface area (Å²) in [4.78, 5) is 0. The fourth-order valence-electron chi connectivity index (χ4n) is 1.48. The summed E-state index contributed by atoms with van der Waals surface area (Å²) in [5.41, 5.74) is 1.08. The molecule has 0 aliphatic heterocycles. The number of aryl methyl sites for hydroxylation is 1. The Morgan fingerprint density at radius 1 is 1.31 bits per heavy atom. The number of aliphatic hydroxyl groups excluding tert-OH is 2. The van der Waals surface area contributed by atoms with E-state index in [1.165, 1.54) is 0 Å². The van der Waals surface area contributed by atoms with E-state index in [0.717, 1.165) is 18.4 Å². The van der Waals surface area contributed by atoms with Crippen molar-refractivity contribution in [3.05, 3.63) is 28.8 Å². The average Bonchev–Trinajstić information content (AvgIpc) is 2.30. The van der Waals surface area contributed by atoms with Gasteiger partial charge in [0.25, 0.3) is 0 Å². The molecule has 1 aromatic rings. The Labute approximate surface area is 101 Å². The summed E-state index contributed by atoms with van der Waals surface area (Å²) in [6.45, 7) is 0.0285. The Morgan fingerprint density at radius 3 is 2.50 bits per heavy atom. The zero-order chi connectivity index (χ0) is 12.0.